The van der Waals surface area contributed by atoms with E-state index < -0.39 is 9.84 Å². The molecule has 7 nitrogen and oxygen atoms in total. The number of nitrogens with one attached hydrogen (secondary N) is 1. The topological polar surface area (TPSA) is 107 Å². The van der Waals surface area contributed by atoms with E-state index in [4.69, 9.17) is 0 Å². The molecular formula is C15H33NO6S. The Morgan fingerprint density at radius 3 is 1.17 bits per heavy atom. The number of carbonyl (C=O) groups excluding carboxylic acids is 3. The van der Waals surface area contributed by atoms with E-state index in [1.807, 2.05) is 13.8 Å². The molecule has 0 heterocycles. The predicted molar refractivity (Wildman–Crippen MR) is 92.9 cm³/mol. The summed E-state index contributed by atoms with van der Waals surface area (Å²) in [4.78, 5) is 30.1. The van der Waals surface area contributed by atoms with E-state index in [1.165, 1.54) is 21.0 Å². The number of esters is 1. The molecule has 0 bridgehead atoms. The zero-order valence-electron chi connectivity index (χ0n) is 16.0. The second-order valence-corrected chi connectivity index (χ2v) is 7.78. The third kappa shape index (κ3) is 63.5. The summed E-state index contributed by atoms with van der Waals surface area (Å²) in [5, 5.41) is 2.53. The third-order valence-electron chi connectivity index (χ3n) is 1.44. The molecule has 140 valence electrons. The van der Waals surface area contributed by atoms with E-state index in [9.17, 15) is 22.8 Å². The Labute approximate surface area is 141 Å². The van der Waals surface area contributed by atoms with Crippen molar-refractivity contribution in [2.24, 2.45) is 11.8 Å². The minimum absolute atomic E-state index is 0.00463. The first-order valence-electron chi connectivity index (χ1n) is 7.01. The number of sulfone groups is 1. The molecule has 0 aromatic carbocycles. The van der Waals surface area contributed by atoms with E-state index >= 15 is 0 Å². The molecule has 23 heavy (non-hydrogen) atoms. The molecule has 0 aliphatic carbocycles. The normalized spacial score (nSPS) is 9.22. The highest BCUT2D eigenvalue weighted by atomic mass is 32.2. The zero-order chi connectivity index (χ0) is 19.8. The molecule has 0 saturated heterocycles. The quantitative estimate of drug-likeness (QED) is 0.752. The average Bonchev–Trinajstić information content (AvgIpc) is 2.34. The Morgan fingerprint density at radius 1 is 0.913 bits per heavy atom. The minimum Gasteiger partial charge on any atom is -0.469 e. The van der Waals surface area contributed by atoms with Crippen molar-refractivity contribution in [1.82, 2.24) is 5.32 Å². The van der Waals surface area contributed by atoms with Crippen molar-refractivity contribution >= 4 is 27.5 Å². The van der Waals surface area contributed by atoms with E-state index in [2.05, 4.69) is 10.1 Å². The van der Waals surface area contributed by atoms with Gasteiger partial charge in [0.25, 0.3) is 0 Å². The molecule has 0 saturated carbocycles. The predicted octanol–water partition coefficient (Wildman–Crippen LogP) is 1.46. The second kappa shape index (κ2) is 16.9. The largest absolute Gasteiger partial charge is 0.469 e. The summed E-state index contributed by atoms with van der Waals surface area (Å²) in [6.07, 6.45) is 2.32. The average molecular weight is 355 g/mol. The zero-order valence-corrected chi connectivity index (χ0v) is 16.8. The number of Topliss-reactive ketones (excluding diaryl/α,β-unsaturated/α-hetero) is 1. The number of ketones is 1. The van der Waals surface area contributed by atoms with Gasteiger partial charge in [-0.05, 0) is 13.8 Å². The van der Waals surface area contributed by atoms with Gasteiger partial charge in [0.05, 0.1) is 13.0 Å². The maximum atomic E-state index is 10.4. The maximum Gasteiger partial charge on any atom is 0.308 e. The number of rotatable bonds is 2. The number of methoxy groups -OCH3 is 1. The molecule has 0 aliphatic heterocycles. The highest BCUT2D eigenvalue weighted by Gasteiger charge is 2.03. The van der Waals surface area contributed by atoms with Crippen LogP contribution in [0.25, 0.3) is 0 Å². The first-order valence-corrected chi connectivity index (χ1v) is 9.31. The van der Waals surface area contributed by atoms with Crippen LogP contribution >= 0.6 is 0 Å². The van der Waals surface area contributed by atoms with Gasteiger partial charge in [0.2, 0.25) is 5.91 Å². The summed E-state index contributed by atoms with van der Waals surface area (Å²) in [5.74, 6) is 0.231. The lowest BCUT2D eigenvalue weighted by molar-refractivity contribution is -0.144. The highest BCUT2D eigenvalue weighted by Crippen LogP contribution is 1.91. The van der Waals surface area contributed by atoms with Crippen molar-refractivity contribution in [3.8, 4) is 0 Å². The van der Waals surface area contributed by atoms with Gasteiger partial charge in [-0.15, -0.1) is 0 Å². The summed E-state index contributed by atoms with van der Waals surface area (Å²) in [7, 11) is 0.366. The fourth-order valence-electron chi connectivity index (χ4n) is 0.524. The summed E-state index contributed by atoms with van der Waals surface area (Å²) in [6.45, 7) is 10.4. The molecule has 0 atom stereocenters. The molecule has 0 aliphatic rings. The molecule has 1 N–H and O–H groups in total. The Balaban J connectivity index is -0.000000107. The number of hydrogen-bond donors (Lipinski definition) is 1. The van der Waals surface area contributed by atoms with Crippen molar-refractivity contribution < 1.29 is 27.5 Å². The Kier molecular flexibility index (Phi) is 21.7. The van der Waals surface area contributed by atoms with Crippen LogP contribution in [-0.4, -0.2) is 52.7 Å². The van der Waals surface area contributed by atoms with Gasteiger partial charge in [-0.1, -0.05) is 27.7 Å². The van der Waals surface area contributed by atoms with Gasteiger partial charge >= 0.3 is 5.97 Å². The van der Waals surface area contributed by atoms with Crippen LogP contribution in [-0.2, 0) is 29.0 Å². The van der Waals surface area contributed by atoms with E-state index in [-0.39, 0.29) is 29.5 Å². The van der Waals surface area contributed by atoms with Gasteiger partial charge < -0.3 is 14.8 Å². The Morgan fingerprint density at radius 2 is 1.17 bits per heavy atom. The van der Waals surface area contributed by atoms with Gasteiger partial charge in [0.1, 0.15) is 15.6 Å². The van der Waals surface area contributed by atoms with Gasteiger partial charge in [0, 0.05) is 25.5 Å². The number of hydrogen-bond acceptors (Lipinski definition) is 6. The SMILES string of the molecule is CC(C)=O.CNC(=O)C(C)C.COC(=O)C(C)C.CS(C)(=O)=O. The molecule has 0 spiro atoms. The van der Waals surface area contributed by atoms with Gasteiger partial charge in [0.15, 0.2) is 0 Å². The van der Waals surface area contributed by atoms with Crippen LogP contribution in [0, 0.1) is 11.8 Å². The lowest BCUT2D eigenvalue weighted by Crippen LogP contribution is -2.22. The van der Waals surface area contributed by atoms with Crippen LogP contribution in [0.3, 0.4) is 0 Å². The van der Waals surface area contributed by atoms with Gasteiger partial charge in [-0.25, -0.2) is 8.42 Å². The number of ether oxygens (including phenoxy) is 1. The van der Waals surface area contributed by atoms with Crippen molar-refractivity contribution in [3.05, 3.63) is 0 Å². The first-order chi connectivity index (χ1) is 10.1. The number of carbonyl (C=O) groups is 3. The van der Waals surface area contributed by atoms with E-state index in [0.29, 0.717) is 0 Å². The van der Waals surface area contributed by atoms with Crippen LogP contribution in [0.2, 0.25) is 0 Å². The third-order valence-corrected chi connectivity index (χ3v) is 1.44. The molecule has 0 rings (SSSR count). The highest BCUT2D eigenvalue weighted by molar-refractivity contribution is 7.89. The molecule has 0 radical (unpaired) electrons. The lowest BCUT2D eigenvalue weighted by Gasteiger charge is -1.98. The smallest absolute Gasteiger partial charge is 0.308 e. The molecule has 0 aromatic heterocycles. The van der Waals surface area contributed by atoms with Crippen LogP contribution in [0.1, 0.15) is 41.5 Å². The molecule has 1 amide bonds. The first kappa shape index (κ1) is 29.6. The van der Waals surface area contributed by atoms with Crippen LogP contribution in [0.15, 0.2) is 0 Å². The summed E-state index contributed by atoms with van der Waals surface area (Å²) < 4.78 is 23.6. The van der Waals surface area contributed by atoms with Crippen molar-refractivity contribution in [3.63, 3.8) is 0 Å². The Hall–Kier alpha value is -1.44. The maximum absolute atomic E-state index is 10.4. The van der Waals surface area contributed by atoms with Crippen LogP contribution in [0.4, 0.5) is 0 Å². The summed E-state index contributed by atoms with van der Waals surface area (Å²) in [5.41, 5.74) is 0. The number of amides is 1. The molecule has 0 fully saturated rings. The van der Waals surface area contributed by atoms with Crippen LogP contribution < -0.4 is 5.32 Å². The summed E-state index contributed by atoms with van der Waals surface area (Å²) >= 11 is 0. The molecule has 0 unspecified atom stereocenters. The Bertz CT molecular complexity index is 395. The second-order valence-electron chi connectivity index (χ2n) is 5.50. The monoisotopic (exact) mass is 355 g/mol. The summed E-state index contributed by atoms with van der Waals surface area (Å²) in [6, 6.07) is 0. The van der Waals surface area contributed by atoms with Gasteiger partial charge in [-0.2, -0.15) is 0 Å². The van der Waals surface area contributed by atoms with E-state index in [1.54, 1.807) is 20.9 Å². The molecule has 8 heteroatoms. The van der Waals surface area contributed by atoms with Crippen molar-refractivity contribution in [2.75, 3.05) is 26.7 Å². The standard InChI is InChI=1S/C5H11NO.C5H10O2.C3H6O.C2H6O2S/c1-4(2)5(7)6-3;1-4(2)5(6)7-3;1-3(2)4;1-5(2,3)4/h4H,1-3H3,(H,6,7);4H,1-3H3;1-2H3;1-2H3. The minimum atomic E-state index is -2.67. The lowest BCUT2D eigenvalue weighted by atomic mass is 10.2. The fraction of sp³-hybridized carbons (Fsp3) is 0.800. The van der Waals surface area contributed by atoms with E-state index in [0.717, 1.165) is 12.5 Å². The van der Waals surface area contributed by atoms with Crippen molar-refractivity contribution in [2.45, 2.75) is 41.5 Å². The van der Waals surface area contributed by atoms with Crippen molar-refractivity contribution in [1.29, 1.82) is 0 Å². The van der Waals surface area contributed by atoms with Gasteiger partial charge in [-0.3, -0.25) is 9.59 Å². The van der Waals surface area contributed by atoms with Crippen LogP contribution in [0.5, 0.6) is 0 Å². The fourth-order valence-corrected chi connectivity index (χ4v) is 0.524. The molecule has 0 aromatic rings. The molecular weight excluding hydrogens is 322 g/mol.